The maximum absolute atomic E-state index is 13.5. The molecule has 0 unspecified atom stereocenters. The Morgan fingerprint density at radius 3 is 2.28 bits per heavy atom. The smallest absolute Gasteiger partial charge is 0.416 e. The number of nitro benzene ring substituents is 1. The van der Waals surface area contributed by atoms with Gasteiger partial charge in [-0.05, 0) is 38.0 Å². The second-order valence-electron chi connectivity index (χ2n) is 8.68. The van der Waals surface area contributed by atoms with Crippen LogP contribution >= 0.6 is 0 Å². The SMILES string of the molecule is CCOC(=O)N1c2cc(OC)c(OC)cc2[C@H](N(Cc2cc([N+](=O)[O-])cc(C(F)(F)F)c2)C(=O)OC)C[C@@H]1C. The van der Waals surface area contributed by atoms with Gasteiger partial charge in [0.1, 0.15) is 0 Å². The number of nitro groups is 1. The number of alkyl halides is 3. The second-order valence-corrected chi connectivity index (χ2v) is 8.68. The van der Waals surface area contributed by atoms with Gasteiger partial charge in [-0.15, -0.1) is 0 Å². The summed E-state index contributed by atoms with van der Waals surface area (Å²) in [6, 6.07) is 3.87. The fourth-order valence-electron chi connectivity index (χ4n) is 4.57. The largest absolute Gasteiger partial charge is 0.493 e. The fourth-order valence-corrected chi connectivity index (χ4v) is 4.57. The molecule has 0 fully saturated rings. The molecule has 0 spiro atoms. The molecule has 0 N–H and O–H groups in total. The van der Waals surface area contributed by atoms with Gasteiger partial charge < -0.3 is 18.9 Å². The minimum atomic E-state index is -4.85. The summed E-state index contributed by atoms with van der Waals surface area (Å²) in [5.41, 5.74) is -1.40. The molecule has 3 rings (SSSR count). The summed E-state index contributed by atoms with van der Waals surface area (Å²) in [5.74, 6) is 0.565. The summed E-state index contributed by atoms with van der Waals surface area (Å²) < 4.78 is 61.5. The number of halogens is 3. The minimum absolute atomic E-state index is 0.108. The van der Waals surface area contributed by atoms with Crippen molar-refractivity contribution in [2.24, 2.45) is 0 Å². The van der Waals surface area contributed by atoms with E-state index in [1.165, 1.54) is 19.1 Å². The van der Waals surface area contributed by atoms with E-state index in [2.05, 4.69) is 0 Å². The van der Waals surface area contributed by atoms with Crippen molar-refractivity contribution in [3.63, 3.8) is 0 Å². The van der Waals surface area contributed by atoms with E-state index in [0.29, 0.717) is 17.3 Å². The molecule has 212 valence electrons. The summed E-state index contributed by atoms with van der Waals surface area (Å²) in [5, 5.41) is 11.4. The van der Waals surface area contributed by atoms with Crippen LogP contribution < -0.4 is 14.4 Å². The van der Waals surface area contributed by atoms with Crippen LogP contribution in [0.1, 0.15) is 43.0 Å². The number of amides is 2. The first-order valence-corrected chi connectivity index (χ1v) is 11.8. The average molecular weight is 556 g/mol. The zero-order valence-electron chi connectivity index (χ0n) is 21.9. The highest BCUT2D eigenvalue weighted by molar-refractivity contribution is 5.91. The van der Waals surface area contributed by atoms with Crippen LogP contribution in [0.25, 0.3) is 0 Å². The molecule has 1 heterocycles. The van der Waals surface area contributed by atoms with Crippen molar-refractivity contribution in [2.75, 3.05) is 32.8 Å². The Balaban J connectivity index is 2.19. The Kier molecular flexibility index (Phi) is 8.77. The number of carbonyl (C=O) groups excluding carboxylic acids is 2. The first kappa shape index (κ1) is 29.3. The fraction of sp³-hybridized carbons (Fsp3) is 0.440. The van der Waals surface area contributed by atoms with E-state index < -0.39 is 53.2 Å². The van der Waals surface area contributed by atoms with E-state index >= 15 is 0 Å². The van der Waals surface area contributed by atoms with Crippen LogP contribution in [-0.4, -0.2) is 56.0 Å². The monoisotopic (exact) mass is 555 g/mol. The quantitative estimate of drug-likeness (QED) is 0.315. The lowest BCUT2D eigenvalue weighted by Crippen LogP contribution is -2.47. The van der Waals surface area contributed by atoms with Gasteiger partial charge in [0.25, 0.3) is 5.69 Å². The lowest BCUT2D eigenvalue weighted by atomic mass is 9.90. The van der Waals surface area contributed by atoms with Gasteiger partial charge in [0.15, 0.2) is 11.5 Å². The molecule has 14 heteroatoms. The molecule has 39 heavy (non-hydrogen) atoms. The minimum Gasteiger partial charge on any atom is -0.493 e. The van der Waals surface area contributed by atoms with E-state index in [-0.39, 0.29) is 30.1 Å². The standard InChI is InChI=1S/C25H28F3N3O8/c1-6-39-24(33)30-14(2)7-19(18-11-21(36-3)22(37-4)12-20(18)30)29(23(32)38-5)13-15-8-16(25(26,27)28)10-17(9-15)31(34)35/h8-12,14,19H,6-7,13H2,1-5H3/t14-,19+/m0/s1. The number of fused-ring (bicyclic) bond motifs is 1. The van der Waals surface area contributed by atoms with Crippen LogP contribution in [0.2, 0.25) is 0 Å². The first-order chi connectivity index (χ1) is 18.4. The van der Waals surface area contributed by atoms with E-state index in [4.69, 9.17) is 18.9 Å². The molecular weight excluding hydrogens is 527 g/mol. The summed E-state index contributed by atoms with van der Waals surface area (Å²) in [4.78, 5) is 38.9. The Hall–Kier alpha value is -4.23. The molecule has 2 atom stereocenters. The maximum atomic E-state index is 13.5. The molecule has 1 aliphatic heterocycles. The van der Waals surface area contributed by atoms with E-state index in [0.717, 1.165) is 24.1 Å². The molecule has 0 aliphatic carbocycles. The predicted molar refractivity (Wildman–Crippen MR) is 132 cm³/mol. The van der Waals surface area contributed by atoms with Crippen LogP contribution in [0.15, 0.2) is 30.3 Å². The number of methoxy groups -OCH3 is 3. The molecule has 2 aromatic rings. The normalized spacial score (nSPS) is 16.7. The summed E-state index contributed by atoms with van der Waals surface area (Å²) in [6.45, 7) is 3.02. The molecule has 0 saturated heterocycles. The van der Waals surface area contributed by atoms with Crippen molar-refractivity contribution < 1.29 is 46.6 Å². The molecule has 0 bridgehead atoms. The number of rotatable bonds is 7. The van der Waals surface area contributed by atoms with Gasteiger partial charge >= 0.3 is 18.4 Å². The third-order valence-electron chi connectivity index (χ3n) is 6.28. The molecule has 0 saturated carbocycles. The second kappa shape index (κ2) is 11.7. The zero-order valence-corrected chi connectivity index (χ0v) is 21.9. The van der Waals surface area contributed by atoms with Gasteiger partial charge in [-0.2, -0.15) is 13.2 Å². The van der Waals surface area contributed by atoms with Crippen LogP contribution in [0.4, 0.5) is 34.1 Å². The number of ether oxygens (including phenoxy) is 4. The summed E-state index contributed by atoms with van der Waals surface area (Å²) in [6.07, 6.45) is -6.25. The van der Waals surface area contributed by atoms with Gasteiger partial charge in [0.05, 0.1) is 50.2 Å². The highest BCUT2D eigenvalue weighted by atomic mass is 19.4. The number of nitrogens with zero attached hydrogens (tertiary/aromatic N) is 3. The lowest BCUT2D eigenvalue weighted by Gasteiger charge is -2.42. The van der Waals surface area contributed by atoms with E-state index in [1.54, 1.807) is 26.0 Å². The molecule has 1 aliphatic rings. The van der Waals surface area contributed by atoms with Gasteiger partial charge in [0.2, 0.25) is 0 Å². The average Bonchev–Trinajstić information content (AvgIpc) is 2.89. The van der Waals surface area contributed by atoms with Crippen molar-refractivity contribution in [3.05, 3.63) is 57.1 Å². The van der Waals surface area contributed by atoms with Gasteiger partial charge in [0, 0.05) is 36.3 Å². The Labute approximate surface area is 222 Å². The van der Waals surface area contributed by atoms with Gasteiger partial charge in [-0.1, -0.05) is 0 Å². The van der Waals surface area contributed by atoms with Crippen LogP contribution in [0, 0.1) is 10.1 Å². The molecule has 2 amide bonds. The Bertz CT molecular complexity index is 1250. The van der Waals surface area contributed by atoms with Crippen molar-refractivity contribution in [3.8, 4) is 11.5 Å². The number of benzene rings is 2. The zero-order chi connectivity index (χ0) is 29.1. The van der Waals surface area contributed by atoms with E-state index in [1.807, 2.05) is 0 Å². The molecule has 0 aromatic heterocycles. The number of non-ortho nitro benzene ring substituents is 1. The van der Waals surface area contributed by atoms with Crippen LogP contribution in [-0.2, 0) is 22.2 Å². The molecular formula is C25H28F3N3O8. The van der Waals surface area contributed by atoms with Crippen LogP contribution in [0.5, 0.6) is 11.5 Å². The highest BCUT2D eigenvalue weighted by Gasteiger charge is 2.41. The topological polar surface area (TPSA) is 121 Å². The summed E-state index contributed by atoms with van der Waals surface area (Å²) in [7, 11) is 3.91. The first-order valence-electron chi connectivity index (χ1n) is 11.8. The van der Waals surface area contributed by atoms with E-state index in [9.17, 15) is 32.9 Å². The van der Waals surface area contributed by atoms with Crippen molar-refractivity contribution in [1.82, 2.24) is 4.90 Å². The lowest BCUT2D eigenvalue weighted by molar-refractivity contribution is -0.385. The third kappa shape index (κ3) is 6.10. The predicted octanol–water partition coefficient (Wildman–Crippen LogP) is 5.70. The van der Waals surface area contributed by atoms with Crippen LogP contribution in [0.3, 0.4) is 0 Å². The van der Waals surface area contributed by atoms with Gasteiger partial charge in [-0.3, -0.25) is 19.9 Å². The van der Waals surface area contributed by atoms with Crippen molar-refractivity contribution >= 4 is 23.6 Å². The number of hydrogen-bond donors (Lipinski definition) is 0. The summed E-state index contributed by atoms with van der Waals surface area (Å²) >= 11 is 0. The van der Waals surface area contributed by atoms with Gasteiger partial charge in [-0.25, -0.2) is 9.59 Å². The number of hydrogen-bond acceptors (Lipinski definition) is 8. The Morgan fingerprint density at radius 1 is 1.10 bits per heavy atom. The number of anilines is 1. The van der Waals surface area contributed by atoms with Crippen molar-refractivity contribution in [1.29, 1.82) is 0 Å². The third-order valence-corrected chi connectivity index (χ3v) is 6.28. The maximum Gasteiger partial charge on any atom is 0.416 e. The van der Waals surface area contributed by atoms with Crippen molar-refractivity contribution in [2.45, 2.75) is 45.1 Å². The highest BCUT2D eigenvalue weighted by Crippen LogP contribution is 2.46. The molecule has 11 nitrogen and oxygen atoms in total. The Morgan fingerprint density at radius 2 is 1.74 bits per heavy atom. The molecule has 2 aromatic carbocycles. The molecule has 0 radical (unpaired) electrons. The number of carbonyl (C=O) groups is 2.